The van der Waals surface area contributed by atoms with Crippen LogP contribution in [0, 0.1) is 17.8 Å². The van der Waals surface area contributed by atoms with Crippen LogP contribution in [-0.4, -0.2) is 122 Å². The maximum Gasteiger partial charge on any atom is 0.259 e. The summed E-state index contributed by atoms with van der Waals surface area (Å²) in [5.41, 5.74) is 0.853. The van der Waals surface area contributed by atoms with Crippen LogP contribution in [0.25, 0.3) is 0 Å². The summed E-state index contributed by atoms with van der Waals surface area (Å²) >= 11 is 0. The number of aliphatic hydroxyl groups is 1. The van der Waals surface area contributed by atoms with E-state index in [9.17, 15) is 14.7 Å². The van der Waals surface area contributed by atoms with Gasteiger partial charge in [0.2, 0.25) is 11.8 Å². The predicted octanol–water partition coefficient (Wildman–Crippen LogP) is 0.0902. The van der Waals surface area contributed by atoms with Gasteiger partial charge in [-0.05, 0) is 13.0 Å². The average molecular weight is 489 g/mol. The van der Waals surface area contributed by atoms with Gasteiger partial charge < -0.3 is 29.1 Å². The fraction of sp³-hybridized carbons (Fsp3) is 0.640. The van der Waals surface area contributed by atoms with Gasteiger partial charge >= 0.3 is 0 Å². The third kappa shape index (κ3) is 7.15. The van der Waals surface area contributed by atoms with E-state index in [1.54, 1.807) is 43.1 Å². The molecule has 3 atom stereocenters. The molecular weight excluding hydrogens is 452 g/mol. The second-order valence-electron chi connectivity index (χ2n) is 9.10. The molecule has 0 aromatic carbocycles. The van der Waals surface area contributed by atoms with E-state index in [0.29, 0.717) is 38.4 Å². The number of pyridine rings is 1. The Morgan fingerprint density at radius 2 is 2.14 bits per heavy atom. The summed E-state index contributed by atoms with van der Waals surface area (Å²) in [5, 5.41) is 9.80. The standard InChI is InChI=1S/C25H36N4O6/c1-18-14-29(19(2)17-30)25(32)21-12-20(6-5-9-33-4)13-26-24(21)35-22(18)15-27(3)23(31)16-28-7-10-34-11-8-28/h12-13,18-19,22,30H,7-11,14-17H2,1-4H3/t18-,19-,22-/m1/s1. The number of methoxy groups -OCH3 is 1. The van der Waals surface area contributed by atoms with E-state index in [2.05, 4.69) is 21.7 Å². The van der Waals surface area contributed by atoms with Crippen molar-refractivity contribution in [1.29, 1.82) is 0 Å². The quantitative estimate of drug-likeness (QED) is 0.539. The van der Waals surface area contributed by atoms with Crippen LogP contribution in [0.2, 0.25) is 0 Å². The highest BCUT2D eigenvalue weighted by atomic mass is 16.5. The second kappa shape index (κ2) is 12.8. The Labute approximate surface area is 207 Å². The van der Waals surface area contributed by atoms with E-state index in [1.807, 2.05) is 6.92 Å². The van der Waals surface area contributed by atoms with Crippen LogP contribution in [0.3, 0.4) is 0 Å². The number of amides is 2. The molecule has 2 aliphatic heterocycles. The lowest BCUT2D eigenvalue weighted by molar-refractivity contribution is -0.133. The second-order valence-corrected chi connectivity index (χ2v) is 9.10. The number of likely N-dealkylation sites (N-methyl/N-ethyl adjacent to an activating group) is 1. The minimum atomic E-state index is -0.396. The smallest absolute Gasteiger partial charge is 0.259 e. The minimum Gasteiger partial charge on any atom is -0.472 e. The van der Waals surface area contributed by atoms with Crippen LogP contribution in [0.15, 0.2) is 12.3 Å². The van der Waals surface area contributed by atoms with Crippen molar-refractivity contribution >= 4 is 11.8 Å². The fourth-order valence-electron chi connectivity index (χ4n) is 4.04. The first-order chi connectivity index (χ1) is 16.8. The molecule has 10 heteroatoms. The van der Waals surface area contributed by atoms with Crippen LogP contribution < -0.4 is 4.74 Å². The van der Waals surface area contributed by atoms with Crippen LogP contribution in [-0.2, 0) is 14.3 Å². The van der Waals surface area contributed by atoms with Crippen LogP contribution in [0.1, 0.15) is 29.8 Å². The summed E-state index contributed by atoms with van der Waals surface area (Å²) in [6.07, 6.45) is 1.16. The highest BCUT2D eigenvalue weighted by molar-refractivity contribution is 5.97. The summed E-state index contributed by atoms with van der Waals surface area (Å²) < 4.78 is 16.6. The molecule has 192 valence electrons. The Kier molecular flexibility index (Phi) is 9.86. The highest BCUT2D eigenvalue weighted by Gasteiger charge is 2.34. The zero-order chi connectivity index (χ0) is 25.4. The molecule has 0 spiro atoms. The van der Waals surface area contributed by atoms with Crippen molar-refractivity contribution in [2.24, 2.45) is 5.92 Å². The van der Waals surface area contributed by atoms with Gasteiger partial charge in [0, 0.05) is 51.5 Å². The number of hydrogen-bond donors (Lipinski definition) is 1. The van der Waals surface area contributed by atoms with Crippen molar-refractivity contribution in [2.75, 3.05) is 73.3 Å². The van der Waals surface area contributed by atoms with E-state index < -0.39 is 6.10 Å². The number of carbonyl (C=O) groups is 2. The van der Waals surface area contributed by atoms with E-state index in [0.717, 1.165) is 13.1 Å². The molecule has 3 rings (SSSR count). The maximum atomic E-state index is 13.4. The van der Waals surface area contributed by atoms with Gasteiger partial charge in [-0.25, -0.2) is 4.98 Å². The molecule has 1 aromatic heterocycles. The SMILES string of the molecule is COCC#Cc1cnc2c(c1)C(=O)N([C@H](C)CO)C[C@@H](C)[C@@H](CN(C)C(=O)CN1CCOCC1)O2. The van der Waals surface area contributed by atoms with Gasteiger partial charge in [-0.2, -0.15) is 0 Å². The molecule has 0 aliphatic carbocycles. The van der Waals surface area contributed by atoms with E-state index >= 15 is 0 Å². The summed E-state index contributed by atoms with van der Waals surface area (Å²) in [7, 11) is 3.32. The molecule has 1 aromatic rings. The number of hydrogen-bond acceptors (Lipinski definition) is 8. The average Bonchev–Trinajstić information content (AvgIpc) is 2.86. The Morgan fingerprint density at radius 1 is 1.40 bits per heavy atom. The molecule has 35 heavy (non-hydrogen) atoms. The van der Waals surface area contributed by atoms with Crippen molar-refractivity contribution in [2.45, 2.75) is 26.0 Å². The molecule has 10 nitrogen and oxygen atoms in total. The molecule has 2 aliphatic rings. The highest BCUT2D eigenvalue weighted by Crippen LogP contribution is 2.27. The number of carbonyl (C=O) groups excluding carboxylic acids is 2. The van der Waals surface area contributed by atoms with Gasteiger partial charge in [-0.3, -0.25) is 14.5 Å². The van der Waals surface area contributed by atoms with Gasteiger partial charge in [0.25, 0.3) is 5.91 Å². The van der Waals surface area contributed by atoms with Gasteiger partial charge in [0.05, 0.1) is 39.0 Å². The topological polar surface area (TPSA) is 105 Å². The van der Waals surface area contributed by atoms with E-state index in [4.69, 9.17) is 14.2 Å². The van der Waals surface area contributed by atoms with Crippen LogP contribution in [0.4, 0.5) is 0 Å². The number of aliphatic hydroxyl groups excluding tert-OH is 1. The number of ether oxygens (including phenoxy) is 3. The molecule has 0 unspecified atom stereocenters. The summed E-state index contributed by atoms with van der Waals surface area (Å²) in [6.45, 7) is 7.65. The summed E-state index contributed by atoms with van der Waals surface area (Å²) in [5.74, 6) is 5.62. The number of rotatable bonds is 7. The number of fused-ring (bicyclic) bond motifs is 1. The first kappa shape index (κ1) is 26.9. The Morgan fingerprint density at radius 3 is 2.83 bits per heavy atom. The number of nitrogens with zero attached hydrogens (tertiary/aromatic N) is 4. The van der Waals surface area contributed by atoms with Crippen molar-refractivity contribution in [1.82, 2.24) is 19.7 Å². The third-order valence-corrected chi connectivity index (χ3v) is 6.31. The van der Waals surface area contributed by atoms with Crippen molar-refractivity contribution in [3.05, 3.63) is 23.4 Å². The Balaban J connectivity index is 1.83. The number of aromatic nitrogens is 1. The molecule has 1 saturated heterocycles. The largest absolute Gasteiger partial charge is 0.472 e. The van der Waals surface area contributed by atoms with Crippen molar-refractivity contribution in [3.63, 3.8) is 0 Å². The third-order valence-electron chi connectivity index (χ3n) is 6.31. The van der Waals surface area contributed by atoms with Gasteiger partial charge in [-0.15, -0.1) is 0 Å². The molecule has 3 heterocycles. The Hall–Kier alpha value is -2.71. The van der Waals surface area contributed by atoms with Gasteiger partial charge in [0.15, 0.2) is 0 Å². The summed E-state index contributed by atoms with van der Waals surface area (Å²) in [4.78, 5) is 36.1. The Bertz CT molecular complexity index is 940. The zero-order valence-electron chi connectivity index (χ0n) is 21.0. The van der Waals surface area contributed by atoms with Gasteiger partial charge in [-0.1, -0.05) is 18.8 Å². The molecule has 1 N–H and O–H groups in total. The minimum absolute atomic E-state index is 0.00151. The molecule has 0 radical (unpaired) electrons. The van der Waals surface area contributed by atoms with E-state index in [1.165, 1.54) is 0 Å². The zero-order valence-corrected chi connectivity index (χ0v) is 21.0. The molecule has 0 bridgehead atoms. The maximum absolute atomic E-state index is 13.4. The first-order valence-electron chi connectivity index (χ1n) is 11.9. The predicted molar refractivity (Wildman–Crippen MR) is 129 cm³/mol. The summed E-state index contributed by atoms with van der Waals surface area (Å²) in [6, 6.07) is 1.27. The van der Waals surface area contributed by atoms with Crippen molar-refractivity contribution < 1.29 is 28.9 Å². The normalized spacial score (nSPS) is 21.6. The van der Waals surface area contributed by atoms with Crippen LogP contribution in [0.5, 0.6) is 5.88 Å². The number of morpholine rings is 1. The van der Waals surface area contributed by atoms with Crippen molar-refractivity contribution in [3.8, 4) is 17.7 Å². The molecular formula is C25H36N4O6. The molecule has 0 saturated carbocycles. The van der Waals surface area contributed by atoms with Gasteiger partial charge in [0.1, 0.15) is 18.3 Å². The lowest BCUT2D eigenvalue weighted by Crippen LogP contribution is -2.51. The van der Waals surface area contributed by atoms with Crippen LogP contribution >= 0.6 is 0 Å². The molecule has 2 amide bonds. The fourth-order valence-corrected chi connectivity index (χ4v) is 4.04. The monoisotopic (exact) mass is 488 g/mol. The lowest BCUT2D eigenvalue weighted by atomic mass is 10.00. The van der Waals surface area contributed by atoms with E-state index in [-0.39, 0.29) is 48.4 Å². The first-order valence-corrected chi connectivity index (χ1v) is 11.9. The molecule has 1 fully saturated rings. The lowest BCUT2D eigenvalue weighted by Gasteiger charge is -2.38.